The molecule has 108 valence electrons. The lowest BCUT2D eigenvalue weighted by Crippen LogP contribution is -2.03. The number of carbonyl (C=O) groups is 1. The quantitative estimate of drug-likeness (QED) is 0.643. The van der Waals surface area contributed by atoms with Gasteiger partial charge in [0.2, 0.25) is 0 Å². The van der Waals surface area contributed by atoms with Gasteiger partial charge in [-0.05, 0) is 48.5 Å². The van der Waals surface area contributed by atoms with E-state index in [9.17, 15) is 9.18 Å². The average molecular weight is 292 g/mol. The highest BCUT2D eigenvalue weighted by Crippen LogP contribution is 2.27. The maximum atomic E-state index is 13.0. The van der Waals surface area contributed by atoms with E-state index >= 15 is 0 Å². The summed E-state index contributed by atoms with van der Waals surface area (Å²) in [5.74, 6) is 0.557. The van der Waals surface area contributed by atoms with Crippen LogP contribution < -0.4 is 4.74 Å². The van der Waals surface area contributed by atoms with Crippen molar-refractivity contribution in [2.75, 3.05) is 0 Å². The lowest BCUT2D eigenvalue weighted by Gasteiger charge is -2.10. The normalized spacial score (nSPS) is 10.2. The first-order chi connectivity index (χ1) is 10.7. The SMILES string of the molecule is O=C(c1ccc(F)cc1)c1ccccc1Oc1ccccc1. The van der Waals surface area contributed by atoms with Crippen LogP contribution in [-0.2, 0) is 0 Å². The second kappa shape index (κ2) is 6.22. The van der Waals surface area contributed by atoms with Crippen LogP contribution in [0.4, 0.5) is 4.39 Å². The van der Waals surface area contributed by atoms with E-state index in [0.717, 1.165) is 0 Å². The fraction of sp³-hybridized carbons (Fsp3) is 0. The van der Waals surface area contributed by atoms with E-state index in [1.807, 2.05) is 30.3 Å². The van der Waals surface area contributed by atoms with E-state index in [-0.39, 0.29) is 11.6 Å². The number of hydrogen-bond acceptors (Lipinski definition) is 2. The Morgan fingerprint density at radius 2 is 1.41 bits per heavy atom. The molecule has 0 fully saturated rings. The molecule has 0 heterocycles. The van der Waals surface area contributed by atoms with Crippen molar-refractivity contribution in [1.29, 1.82) is 0 Å². The number of para-hydroxylation sites is 2. The van der Waals surface area contributed by atoms with Gasteiger partial charge in [0, 0.05) is 5.56 Å². The molecule has 3 aromatic carbocycles. The van der Waals surface area contributed by atoms with Crippen LogP contribution in [0.25, 0.3) is 0 Å². The van der Waals surface area contributed by atoms with Gasteiger partial charge in [0.05, 0.1) is 5.56 Å². The number of carbonyl (C=O) groups excluding carboxylic acids is 1. The van der Waals surface area contributed by atoms with E-state index in [1.54, 1.807) is 24.3 Å². The van der Waals surface area contributed by atoms with Crippen LogP contribution >= 0.6 is 0 Å². The molecule has 3 heteroatoms. The summed E-state index contributed by atoms with van der Waals surface area (Å²) in [6, 6.07) is 21.7. The van der Waals surface area contributed by atoms with Crippen molar-refractivity contribution < 1.29 is 13.9 Å². The molecule has 0 amide bonds. The summed E-state index contributed by atoms with van der Waals surface area (Å²) in [5.41, 5.74) is 0.864. The van der Waals surface area contributed by atoms with Crippen LogP contribution in [0.2, 0.25) is 0 Å². The lowest BCUT2D eigenvalue weighted by atomic mass is 10.0. The Morgan fingerprint density at radius 1 is 0.773 bits per heavy atom. The third kappa shape index (κ3) is 3.04. The minimum atomic E-state index is -0.370. The molecule has 22 heavy (non-hydrogen) atoms. The topological polar surface area (TPSA) is 26.3 Å². The fourth-order valence-electron chi connectivity index (χ4n) is 2.12. The van der Waals surface area contributed by atoms with Gasteiger partial charge in [0.1, 0.15) is 17.3 Å². The molecule has 0 spiro atoms. The van der Waals surface area contributed by atoms with Crippen molar-refractivity contribution in [2.24, 2.45) is 0 Å². The van der Waals surface area contributed by atoms with E-state index in [0.29, 0.717) is 22.6 Å². The Balaban J connectivity index is 1.94. The number of rotatable bonds is 4. The van der Waals surface area contributed by atoms with Crippen molar-refractivity contribution in [3.8, 4) is 11.5 Å². The summed E-state index contributed by atoms with van der Waals surface area (Å²) in [5, 5.41) is 0. The molecular weight excluding hydrogens is 279 g/mol. The number of ketones is 1. The van der Waals surface area contributed by atoms with Gasteiger partial charge in [-0.3, -0.25) is 4.79 Å². The molecule has 0 N–H and O–H groups in total. The van der Waals surface area contributed by atoms with Crippen LogP contribution in [0, 0.1) is 5.82 Å². The molecule has 0 unspecified atom stereocenters. The number of hydrogen-bond donors (Lipinski definition) is 0. The van der Waals surface area contributed by atoms with E-state index in [2.05, 4.69) is 0 Å². The monoisotopic (exact) mass is 292 g/mol. The third-order valence-corrected chi connectivity index (χ3v) is 3.21. The molecule has 0 aliphatic heterocycles. The average Bonchev–Trinajstić information content (AvgIpc) is 2.56. The molecule has 0 saturated heterocycles. The Labute approximate surface area is 127 Å². The first kappa shape index (κ1) is 14.0. The highest BCUT2D eigenvalue weighted by Gasteiger charge is 2.14. The van der Waals surface area contributed by atoms with E-state index < -0.39 is 0 Å². The molecule has 0 aliphatic carbocycles. The Hall–Kier alpha value is -2.94. The van der Waals surface area contributed by atoms with Crippen LogP contribution in [0.3, 0.4) is 0 Å². The molecular formula is C19H13FO2. The second-order valence-corrected chi connectivity index (χ2v) is 4.75. The Morgan fingerprint density at radius 3 is 2.14 bits per heavy atom. The predicted octanol–water partition coefficient (Wildman–Crippen LogP) is 4.85. The molecule has 3 rings (SSSR count). The van der Waals surface area contributed by atoms with Gasteiger partial charge in [0.15, 0.2) is 5.78 Å². The van der Waals surface area contributed by atoms with Gasteiger partial charge in [-0.15, -0.1) is 0 Å². The highest BCUT2D eigenvalue weighted by atomic mass is 19.1. The van der Waals surface area contributed by atoms with E-state index in [1.165, 1.54) is 24.3 Å². The first-order valence-electron chi connectivity index (χ1n) is 6.86. The fourth-order valence-corrected chi connectivity index (χ4v) is 2.12. The van der Waals surface area contributed by atoms with Crippen LogP contribution in [-0.4, -0.2) is 5.78 Å². The smallest absolute Gasteiger partial charge is 0.196 e. The number of benzene rings is 3. The Bertz CT molecular complexity index is 780. The van der Waals surface area contributed by atoms with Crippen molar-refractivity contribution in [1.82, 2.24) is 0 Å². The van der Waals surface area contributed by atoms with Gasteiger partial charge in [0.25, 0.3) is 0 Å². The lowest BCUT2D eigenvalue weighted by molar-refractivity contribution is 0.103. The van der Waals surface area contributed by atoms with Gasteiger partial charge in [-0.25, -0.2) is 4.39 Å². The van der Waals surface area contributed by atoms with Crippen LogP contribution in [0.1, 0.15) is 15.9 Å². The summed E-state index contributed by atoms with van der Waals surface area (Å²) in [6.07, 6.45) is 0. The zero-order valence-electron chi connectivity index (χ0n) is 11.7. The largest absolute Gasteiger partial charge is 0.457 e. The second-order valence-electron chi connectivity index (χ2n) is 4.75. The zero-order valence-corrected chi connectivity index (χ0v) is 11.7. The minimum absolute atomic E-state index is 0.202. The standard InChI is InChI=1S/C19H13FO2/c20-15-12-10-14(11-13-15)19(21)17-8-4-5-9-18(17)22-16-6-2-1-3-7-16/h1-13H. The number of ether oxygens (including phenoxy) is 1. The summed E-state index contributed by atoms with van der Waals surface area (Å²) in [6.45, 7) is 0. The predicted molar refractivity (Wildman–Crippen MR) is 82.8 cm³/mol. The van der Waals surface area contributed by atoms with Gasteiger partial charge in [-0.1, -0.05) is 30.3 Å². The zero-order chi connectivity index (χ0) is 15.4. The maximum absolute atomic E-state index is 13.0. The Kier molecular flexibility index (Phi) is 3.97. The molecule has 0 atom stereocenters. The van der Waals surface area contributed by atoms with Gasteiger partial charge < -0.3 is 4.74 Å². The highest BCUT2D eigenvalue weighted by molar-refractivity contribution is 6.10. The molecule has 0 bridgehead atoms. The molecule has 0 saturated carbocycles. The summed E-state index contributed by atoms with van der Waals surface area (Å²) < 4.78 is 18.8. The van der Waals surface area contributed by atoms with E-state index in [4.69, 9.17) is 4.74 Å². The van der Waals surface area contributed by atoms with Crippen molar-refractivity contribution in [2.45, 2.75) is 0 Å². The molecule has 2 nitrogen and oxygen atoms in total. The summed E-state index contributed by atoms with van der Waals surface area (Å²) in [7, 11) is 0. The molecule has 3 aromatic rings. The van der Waals surface area contributed by atoms with Crippen LogP contribution in [0.15, 0.2) is 78.9 Å². The minimum Gasteiger partial charge on any atom is -0.457 e. The molecule has 0 aromatic heterocycles. The molecule has 0 radical (unpaired) electrons. The van der Waals surface area contributed by atoms with Crippen LogP contribution in [0.5, 0.6) is 11.5 Å². The number of halogens is 1. The van der Waals surface area contributed by atoms with Gasteiger partial charge >= 0.3 is 0 Å². The van der Waals surface area contributed by atoms with Crippen molar-refractivity contribution >= 4 is 5.78 Å². The summed E-state index contributed by atoms with van der Waals surface area (Å²) >= 11 is 0. The summed E-state index contributed by atoms with van der Waals surface area (Å²) in [4.78, 5) is 12.6. The van der Waals surface area contributed by atoms with Crippen molar-refractivity contribution in [3.63, 3.8) is 0 Å². The van der Waals surface area contributed by atoms with Crippen molar-refractivity contribution in [3.05, 3.63) is 95.8 Å². The maximum Gasteiger partial charge on any atom is 0.196 e. The molecule has 0 aliphatic rings. The first-order valence-corrected chi connectivity index (χ1v) is 6.86. The van der Waals surface area contributed by atoms with Gasteiger partial charge in [-0.2, -0.15) is 0 Å². The third-order valence-electron chi connectivity index (χ3n) is 3.21.